The first-order valence-electron chi connectivity index (χ1n) is 10.8. The summed E-state index contributed by atoms with van der Waals surface area (Å²) in [4.78, 5) is 18.3. The van der Waals surface area contributed by atoms with Gasteiger partial charge in [0.15, 0.2) is 5.96 Å². The zero-order chi connectivity index (χ0) is 21.2. The number of guanidine groups is 1. The maximum Gasteiger partial charge on any atom is 0.221 e. The van der Waals surface area contributed by atoms with Crippen molar-refractivity contribution in [3.05, 3.63) is 60.2 Å². The Bertz CT molecular complexity index is 813. The number of likely N-dealkylation sites (tertiary alicyclic amines) is 1. The van der Waals surface area contributed by atoms with Gasteiger partial charge < -0.3 is 20.3 Å². The average Bonchev–Trinajstić information content (AvgIpc) is 2.75. The second-order valence-corrected chi connectivity index (χ2v) is 7.48. The number of hydrogen-bond donors (Lipinski definition) is 2. The lowest BCUT2D eigenvalue weighted by Crippen LogP contribution is -2.47. The summed E-state index contributed by atoms with van der Waals surface area (Å²) in [5, 5.41) is 6.21. The highest BCUT2D eigenvalue weighted by Gasteiger charge is 2.22. The number of nitrogens with one attached hydrogen (secondary N) is 2. The molecule has 1 amide bonds. The number of benzene rings is 2. The minimum atomic E-state index is -0.0550. The highest BCUT2D eigenvalue weighted by Crippen LogP contribution is 2.18. The Morgan fingerprint density at radius 2 is 1.80 bits per heavy atom. The van der Waals surface area contributed by atoms with Crippen molar-refractivity contribution in [3.63, 3.8) is 0 Å². The molecule has 1 saturated heterocycles. The van der Waals surface area contributed by atoms with E-state index in [0.717, 1.165) is 62.8 Å². The molecule has 0 aliphatic carbocycles. The molecule has 2 aromatic rings. The number of carbonyl (C=O) groups excluding carboxylic acids is 1. The van der Waals surface area contributed by atoms with Crippen LogP contribution in [-0.2, 0) is 11.2 Å². The van der Waals surface area contributed by atoms with E-state index in [1.165, 1.54) is 12.5 Å². The maximum atomic E-state index is 11.1. The molecule has 1 aliphatic heterocycles. The Morgan fingerprint density at radius 1 is 1.10 bits per heavy atom. The van der Waals surface area contributed by atoms with Crippen LogP contribution in [0.4, 0.5) is 5.69 Å². The SMILES string of the molecule is CCNC(=NCCc1ccc(NC(C)=O)cc1)N1CCC(Oc2ccccc2)CC1. The molecule has 0 spiro atoms. The van der Waals surface area contributed by atoms with Crippen LogP contribution >= 0.6 is 0 Å². The van der Waals surface area contributed by atoms with Gasteiger partial charge in [0.1, 0.15) is 11.9 Å². The third kappa shape index (κ3) is 6.79. The second-order valence-electron chi connectivity index (χ2n) is 7.48. The smallest absolute Gasteiger partial charge is 0.221 e. The van der Waals surface area contributed by atoms with Crippen molar-refractivity contribution in [1.82, 2.24) is 10.2 Å². The van der Waals surface area contributed by atoms with Gasteiger partial charge in [-0.1, -0.05) is 30.3 Å². The van der Waals surface area contributed by atoms with Gasteiger partial charge in [-0.25, -0.2) is 0 Å². The Hall–Kier alpha value is -3.02. The van der Waals surface area contributed by atoms with E-state index in [2.05, 4.69) is 22.5 Å². The number of nitrogens with zero attached hydrogens (tertiary/aromatic N) is 2. The first kappa shape index (κ1) is 21.7. The summed E-state index contributed by atoms with van der Waals surface area (Å²) in [6.45, 7) is 7.07. The van der Waals surface area contributed by atoms with Gasteiger partial charge in [-0.05, 0) is 43.2 Å². The standard InChI is InChI=1S/C24H32N4O2/c1-3-25-24(26-16-13-20-9-11-21(12-10-20)27-19(2)29)28-17-14-23(15-18-28)30-22-7-5-4-6-8-22/h4-12,23H,3,13-18H2,1-2H3,(H,25,26)(H,27,29). The van der Waals surface area contributed by atoms with E-state index >= 15 is 0 Å². The van der Waals surface area contributed by atoms with Crippen molar-refractivity contribution < 1.29 is 9.53 Å². The van der Waals surface area contributed by atoms with Crippen molar-refractivity contribution in [1.29, 1.82) is 0 Å². The summed E-state index contributed by atoms with van der Waals surface area (Å²) in [6, 6.07) is 18.0. The molecule has 0 atom stereocenters. The highest BCUT2D eigenvalue weighted by atomic mass is 16.5. The summed E-state index contributed by atoms with van der Waals surface area (Å²) in [6.07, 6.45) is 3.10. The number of ether oxygens (including phenoxy) is 1. The van der Waals surface area contributed by atoms with Crippen molar-refractivity contribution >= 4 is 17.6 Å². The van der Waals surface area contributed by atoms with Gasteiger partial charge in [0.05, 0.1) is 0 Å². The number of hydrogen-bond acceptors (Lipinski definition) is 3. The van der Waals surface area contributed by atoms with Gasteiger partial charge in [-0.15, -0.1) is 0 Å². The fraction of sp³-hybridized carbons (Fsp3) is 0.417. The first-order valence-corrected chi connectivity index (χ1v) is 10.8. The predicted molar refractivity (Wildman–Crippen MR) is 122 cm³/mol. The van der Waals surface area contributed by atoms with Crippen LogP contribution in [0.5, 0.6) is 5.75 Å². The monoisotopic (exact) mass is 408 g/mol. The summed E-state index contributed by atoms with van der Waals surface area (Å²) < 4.78 is 6.10. The number of rotatable bonds is 7. The quantitative estimate of drug-likeness (QED) is 0.542. The maximum absolute atomic E-state index is 11.1. The van der Waals surface area contributed by atoms with Crippen LogP contribution in [-0.4, -0.2) is 49.0 Å². The molecule has 1 fully saturated rings. The number of aliphatic imine (C=N–C) groups is 1. The minimum absolute atomic E-state index is 0.0550. The molecule has 1 heterocycles. The molecule has 0 bridgehead atoms. The number of carbonyl (C=O) groups is 1. The van der Waals surface area contributed by atoms with E-state index in [1.807, 2.05) is 54.6 Å². The summed E-state index contributed by atoms with van der Waals surface area (Å²) in [7, 11) is 0. The van der Waals surface area contributed by atoms with Crippen LogP contribution in [0.15, 0.2) is 59.6 Å². The third-order valence-electron chi connectivity index (χ3n) is 5.06. The van der Waals surface area contributed by atoms with E-state index in [0.29, 0.717) is 0 Å². The molecule has 6 heteroatoms. The molecule has 6 nitrogen and oxygen atoms in total. The van der Waals surface area contributed by atoms with Gasteiger partial charge in [0, 0.05) is 51.6 Å². The fourth-order valence-corrected chi connectivity index (χ4v) is 3.55. The number of anilines is 1. The van der Waals surface area contributed by atoms with Crippen molar-refractivity contribution in [3.8, 4) is 5.75 Å². The molecule has 0 saturated carbocycles. The first-order chi connectivity index (χ1) is 14.6. The summed E-state index contributed by atoms with van der Waals surface area (Å²) >= 11 is 0. The molecule has 0 unspecified atom stereocenters. The lowest BCUT2D eigenvalue weighted by Gasteiger charge is -2.34. The zero-order valence-electron chi connectivity index (χ0n) is 17.9. The van der Waals surface area contributed by atoms with Crippen LogP contribution in [0.2, 0.25) is 0 Å². The van der Waals surface area contributed by atoms with E-state index in [1.54, 1.807) is 0 Å². The normalized spacial score (nSPS) is 15.0. The topological polar surface area (TPSA) is 66.0 Å². The van der Waals surface area contributed by atoms with E-state index in [9.17, 15) is 4.79 Å². The van der Waals surface area contributed by atoms with Crippen LogP contribution in [0.25, 0.3) is 0 Å². The second kappa shape index (κ2) is 11.2. The fourth-order valence-electron chi connectivity index (χ4n) is 3.55. The van der Waals surface area contributed by atoms with Gasteiger partial charge in [0.2, 0.25) is 5.91 Å². The Kier molecular flexibility index (Phi) is 8.12. The molecular weight excluding hydrogens is 376 g/mol. The van der Waals surface area contributed by atoms with Crippen LogP contribution in [0, 0.1) is 0 Å². The summed E-state index contributed by atoms with van der Waals surface area (Å²) in [5.41, 5.74) is 2.03. The van der Waals surface area contributed by atoms with Crippen molar-refractivity contribution in [2.45, 2.75) is 39.2 Å². The summed E-state index contributed by atoms with van der Waals surface area (Å²) in [5.74, 6) is 1.87. The molecule has 1 aliphatic rings. The molecule has 30 heavy (non-hydrogen) atoms. The van der Waals surface area contributed by atoms with Crippen molar-refractivity contribution in [2.24, 2.45) is 4.99 Å². The highest BCUT2D eigenvalue weighted by molar-refractivity contribution is 5.88. The number of para-hydroxylation sites is 1. The molecule has 0 radical (unpaired) electrons. The molecule has 160 valence electrons. The largest absolute Gasteiger partial charge is 0.490 e. The van der Waals surface area contributed by atoms with Gasteiger partial charge >= 0.3 is 0 Å². The van der Waals surface area contributed by atoms with E-state index in [-0.39, 0.29) is 12.0 Å². The lowest BCUT2D eigenvalue weighted by atomic mass is 10.1. The lowest BCUT2D eigenvalue weighted by molar-refractivity contribution is -0.114. The van der Waals surface area contributed by atoms with Gasteiger partial charge in [0.25, 0.3) is 0 Å². The van der Waals surface area contributed by atoms with E-state index < -0.39 is 0 Å². The molecule has 0 aromatic heterocycles. The Balaban J connectivity index is 1.49. The average molecular weight is 409 g/mol. The molecular formula is C24H32N4O2. The number of piperidine rings is 1. The minimum Gasteiger partial charge on any atom is -0.490 e. The Morgan fingerprint density at radius 3 is 2.43 bits per heavy atom. The molecule has 2 aromatic carbocycles. The zero-order valence-corrected chi connectivity index (χ0v) is 17.9. The molecule has 2 N–H and O–H groups in total. The molecule has 3 rings (SSSR count). The predicted octanol–water partition coefficient (Wildman–Crippen LogP) is 3.70. The van der Waals surface area contributed by atoms with E-state index in [4.69, 9.17) is 9.73 Å². The van der Waals surface area contributed by atoms with Crippen LogP contribution in [0.3, 0.4) is 0 Å². The Labute approximate surface area is 179 Å². The van der Waals surface area contributed by atoms with Gasteiger partial charge in [-0.3, -0.25) is 9.79 Å². The number of amides is 1. The van der Waals surface area contributed by atoms with Crippen LogP contribution < -0.4 is 15.4 Å². The van der Waals surface area contributed by atoms with Crippen molar-refractivity contribution in [2.75, 3.05) is 31.5 Å². The van der Waals surface area contributed by atoms with Crippen LogP contribution in [0.1, 0.15) is 32.3 Å². The van der Waals surface area contributed by atoms with Gasteiger partial charge in [-0.2, -0.15) is 0 Å². The third-order valence-corrected chi connectivity index (χ3v) is 5.06.